The molecule has 1 saturated carbocycles. The predicted molar refractivity (Wildman–Crippen MR) is 79.7 cm³/mol. The Labute approximate surface area is 130 Å². The lowest BCUT2D eigenvalue weighted by atomic mass is 9.86. The molecule has 120 valence electrons. The Morgan fingerprint density at radius 1 is 1.45 bits per heavy atom. The molecule has 1 aliphatic heterocycles. The molecule has 2 fully saturated rings. The molecule has 0 spiro atoms. The number of aryl methyl sites for hydroxylation is 1. The van der Waals surface area contributed by atoms with Crippen molar-refractivity contribution in [2.45, 2.75) is 32.2 Å². The number of rotatable bonds is 4. The van der Waals surface area contributed by atoms with E-state index in [-0.39, 0.29) is 23.8 Å². The topological polar surface area (TPSA) is 64.4 Å². The largest absolute Gasteiger partial charge is 0.465 e. The predicted octanol–water partition coefficient (Wildman–Crippen LogP) is 1.53. The van der Waals surface area contributed by atoms with Crippen LogP contribution in [-0.4, -0.2) is 40.2 Å². The average molecular weight is 305 g/mol. The maximum Gasteiger partial charge on any atom is 0.311 e. The number of hydrogen-bond donors (Lipinski definition) is 0. The summed E-state index contributed by atoms with van der Waals surface area (Å²) in [4.78, 5) is 26.2. The van der Waals surface area contributed by atoms with Crippen LogP contribution < -0.4 is 0 Å². The van der Waals surface area contributed by atoms with E-state index >= 15 is 0 Å². The monoisotopic (exact) mass is 305 g/mol. The number of likely N-dealkylation sites (tertiary alicyclic amines) is 1. The van der Waals surface area contributed by atoms with Crippen molar-refractivity contribution in [3.8, 4) is 0 Å². The van der Waals surface area contributed by atoms with Gasteiger partial charge in [-0.25, -0.2) is 0 Å². The first-order valence-corrected chi connectivity index (χ1v) is 7.88. The summed E-state index contributed by atoms with van der Waals surface area (Å²) in [5.41, 5.74) is 0.889. The highest BCUT2D eigenvalue weighted by Gasteiger charge is 2.41. The summed E-state index contributed by atoms with van der Waals surface area (Å²) in [6.45, 7) is 2.68. The van der Waals surface area contributed by atoms with E-state index < -0.39 is 0 Å². The van der Waals surface area contributed by atoms with Crippen molar-refractivity contribution in [2.24, 2.45) is 24.8 Å². The summed E-state index contributed by atoms with van der Waals surface area (Å²) >= 11 is 0. The quantitative estimate of drug-likeness (QED) is 0.791. The third-order valence-electron chi connectivity index (χ3n) is 4.95. The number of hydrogen-bond acceptors (Lipinski definition) is 4. The Morgan fingerprint density at radius 2 is 2.18 bits per heavy atom. The zero-order valence-electron chi connectivity index (χ0n) is 13.4. The summed E-state index contributed by atoms with van der Waals surface area (Å²) in [6.07, 6.45) is 5.67. The van der Waals surface area contributed by atoms with E-state index in [0.29, 0.717) is 31.3 Å². The molecule has 22 heavy (non-hydrogen) atoms. The fourth-order valence-electron chi connectivity index (χ4n) is 3.26. The van der Waals surface area contributed by atoms with Gasteiger partial charge in [-0.15, -0.1) is 0 Å². The standard InChI is InChI=1S/C16H23N3O3/c1-10-6-11(10)9-22-16(21)13-4-5-14(20)19(3)15(13)12-7-17-18(2)8-12/h7-8,10-11,13,15H,4-6,9H2,1-3H3/t10-,11-,13+,15-/m1/s1. The highest BCUT2D eigenvalue weighted by atomic mass is 16.5. The molecule has 1 aromatic rings. The van der Waals surface area contributed by atoms with Crippen LogP contribution in [0, 0.1) is 17.8 Å². The zero-order chi connectivity index (χ0) is 15.9. The Balaban J connectivity index is 1.74. The van der Waals surface area contributed by atoms with Crippen LogP contribution in [0.15, 0.2) is 12.4 Å². The molecule has 1 saturated heterocycles. The molecular formula is C16H23N3O3. The SMILES string of the molecule is C[C@@H]1C[C@@H]1COC(=O)[C@H]1CCC(=O)N(C)[C@@H]1c1cnn(C)c1. The Bertz CT molecular complexity index is 583. The van der Waals surface area contributed by atoms with Crippen molar-refractivity contribution in [1.29, 1.82) is 0 Å². The van der Waals surface area contributed by atoms with E-state index in [9.17, 15) is 9.59 Å². The summed E-state index contributed by atoms with van der Waals surface area (Å²) in [5, 5.41) is 4.17. The first-order chi connectivity index (χ1) is 10.5. The molecule has 0 bridgehead atoms. The number of carbonyl (C=O) groups is 2. The van der Waals surface area contributed by atoms with Crippen LogP contribution in [0.2, 0.25) is 0 Å². The van der Waals surface area contributed by atoms with Gasteiger partial charge in [-0.05, 0) is 24.7 Å². The average Bonchev–Trinajstić information content (AvgIpc) is 3.02. The fourth-order valence-corrected chi connectivity index (χ4v) is 3.26. The summed E-state index contributed by atoms with van der Waals surface area (Å²) in [5.74, 6) is 0.753. The maximum absolute atomic E-state index is 12.5. The highest BCUT2D eigenvalue weighted by molar-refractivity contribution is 5.82. The molecule has 0 N–H and O–H groups in total. The fraction of sp³-hybridized carbons (Fsp3) is 0.688. The number of piperidine rings is 1. The lowest BCUT2D eigenvalue weighted by molar-refractivity contribution is -0.156. The van der Waals surface area contributed by atoms with Gasteiger partial charge >= 0.3 is 5.97 Å². The molecule has 0 aromatic carbocycles. The molecule has 0 radical (unpaired) electrons. The molecule has 1 amide bonds. The van der Waals surface area contributed by atoms with Gasteiger partial charge in [0.2, 0.25) is 5.91 Å². The van der Waals surface area contributed by atoms with E-state index in [0.717, 1.165) is 12.0 Å². The molecule has 6 heteroatoms. The van der Waals surface area contributed by atoms with E-state index in [1.807, 2.05) is 13.2 Å². The van der Waals surface area contributed by atoms with Crippen LogP contribution >= 0.6 is 0 Å². The minimum Gasteiger partial charge on any atom is -0.465 e. The molecule has 1 aliphatic carbocycles. The Hall–Kier alpha value is -1.85. The van der Waals surface area contributed by atoms with Crippen molar-refractivity contribution >= 4 is 11.9 Å². The van der Waals surface area contributed by atoms with Crippen LogP contribution in [0.3, 0.4) is 0 Å². The number of aromatic nitrogens is 2. The number of carbonyl (C=O) groups excluding carboxylic acids is 2. The van der Waals surface area contributed by atoms with Gasteiger partial charge in [0.25, 0.3) is 0 Å². The minimum atomic E-state index is -0.305. The Morgan fingerprint density at radius 3 is 2.77 bits per heavy atom. The van der Waals surface area contributed by atoms with E-state index in [1.54, 1.807) is 22.8 Å². The van der Waals surface area contributed by atoms with Gasteiger partial charge in [-0.2, -0.15) is 5.10 Å². The lowest BCUT2D eigenvalue weighted by Gasteiger charge is -2.37. The second-order valence-electron chi connectivity index (χ2n) is 6.65. The van der Waals surface area contributed by atoms with Gasteiger partial charge < -0.3 is 9.64 Å². The maximum atomic E-state index is 12.5. The normalized spacial score (nSPS) is 31.2. The number of ether oxygens (including phenoxy) is 1. The second kappa shape index (κ2) is 5.74. The van der Waals surface area contributed by atoms with Gasteiger partial charge in [-0.3, -0.25) is 14.3 Å². The van der Waals surface area contributed by atoms with Crippen molar-refractivity contribution < 1.29 is 14.3 Å². The second-order valence-corrected chi connectivity index (χ2v) is 6.65. The van der Waals surface area contributed by atoms with Crippen molar-refractivity contribution in [1.82, 2.24) is 14.7 Å². The van der Waals surface area contributed by atoms with Crippen molar-refractivity contribution in [3.63, 3.8) is 0 Å². The molecule has 3 rings (SSSR count). The van der Waals surface area contributed by atoms with Crippen molar-refractivity contribution in [3.05, 3.63) is 18.0 Å². The lowest BCUT2D eigenvalue weighted by Crippen LogP contribution is -2.43. The Kier molecular flexibility index (Phi) is 3.93. The molecule has 1 aromatic heterocycles. The van der Waals surface area contributed by atoms with Gasteiger partial charge in [0.05, 0.1) is 24.8 Å². The summed E-state index contributed by atoms with van der Waals surface area (Å²) < 4.78 is 7.20. The third kappa shape index (κ3) is 2.87. The van der Waals surface area contributed by atoms with E-state index in [1.165, 1.54) is 0 Å². The molecular weight excluding hydrogens is 282 g/mol. The molecule has 0 unspecified atom stereocenters. The van der Waals surface area contributed by atoms with Gasteiger partial charge in [0, 0.05) is 32.3 Å². The van der Waals surface area contributed by atoms with Crippen molar-refractivity contribution in [2.75, 3.05) is 13.7 Å². The van der Waals surface area contributed by atoms with E-state index in [2.05, 4.69) is 12.0 Å². The highest BCUT2D eigenvalue weighted by Crippen LogP contribution is 2.39. The van der Waals surface area contributed by atoms with Gasteiger partial charge in [0.15, 0.2) is 0 Å². The first kappa shape index (κ1) is 15.1. The van der Waals surface area contributed by atoms with Crippen LogP contribution in [0.25, 0.3) is 0 Å². The molecule has 2 heterocycles. The van der Waals surface area contributed by atoms with Crippen LogP contribution in [-0.2, 0) is 21.4 Å². The van der Waals surface area contributed by atoms with E-state index in [4.69, 9.17) is 4.74 Å². The van der Waals surface area contributed by atoms with Crippen LogP contribution in [0.5, 0.6) is 0 Å². The zero-order valence-corrected chi connectivity index (χ0v) is 13.4. The molecule has 2 aliphatic rings. The number of nitrogens with zero attached hydrogens (tertiary/aromatic N) is 3. The third-order valence-corrected chi connectivity index (χ3v) is 4.95. The summed E-state index contributed by atoms with van der Waals surface area (Å²) in [7, 11) is 3.58. The number of esters is 1. The first-order valence-electron chi connectivity index (χ1n) is 7.88. The van der Waals surface area contributed by atoms with Gasteiger partial charge in [-0.1, -0.05) is 6.92 Å². The van der Waals surface area contributed by atoms with Gasteiger partial charge in [0.1, 0.15) is 0 Å². The molecule has 6 nitrogen and oxygen atoms in total. The summed E-state index contributed by atoms with van der Waals surface area (Å²) in [6, 6.07) is -0.279. The van der Waals surface area contributed by atoms with Crippen LogP contribution in [0.1, 0.15) is 37.8 Å². The molecule has 4 atom stereocenters. The minimum absolute atomic E-state index is 0.0636. The number of amides is 1. The van der Waals surface area contributed by atoms with Crippen LogP contribution in [0.4, 0.5) is 0 Å². The smallest absolute Gasteiger partial charge is 0.311 e.